The molecule has 1 heterocycles. The van der Waals surface area contributed by atoms with Crippen LogP contribution in [-0.4, -0.2) is 38.5 Å². The number of aromatic nitrogens is 4. The zero-order valence-electron chi connectivity index (χ0n) is 11.6. The van der Waals surface area contributed by atoms with Crippen molar-refractivity contribution in [3.63, 3.8) is 0 Å². The number of rotatable bonds is 6. The zero-order valence-corrected chi connectivity index (χ0v) is 12.4. The number of nitrogens with one attached hydrogen (secondary N) is 1. The summed E-state index contributed by atoms with van der Waals surface area (Å²) in [6, 6.07) is 1.29. The third kappa shape index (κ3) is 3.48. The van der Waals surface area contributed by atoms with E-state index in [1.54, 1.807) is 11.8 Å². The van der Waals surface area contributed by atoms with Crippen molar-refractivity contribution >= 4 is 11.8 Å². The molecule has 1 aromatic heterocycles. The molecule has 2 fully saturated rings. The summed E-state index contributed by atoms with van der Waals surface area (Å²) < 4.78 is 1.99. The molecule has 0 aromatic carbocycles. The highest BCUT2D eigenvalue weighted by atomic mass is 32.2. The minimum absolute atomic E-state index is 0.573. The van der Waals surface area contributed by atoms with E-state index in [4.69, 9.17) is 0 Å². The molecule has 3 rings (SSSR count). The Labute approximate surface area is 118 Å². The van der Waals surface area contributed by atoms with Gasteiger partial charge in [0, 0.05) is 18.3 Å². The molecule has 2 aliphatic carbocycles. The third-order valence-corrected chi connectivity index (χ3v) is 5.14. The lowest BCUT2D eigenvalue weighted by molar-refractivity contribution is 0.285. The van der Waals surface area contributed by atoms with Crippen LogP contribution in [0.2, 0.25) is 0 Å². The van der Waals surface area contributed by atoms with Crippen molar-refractivity contribution < 1.29 is 0 Å². The van der Waals surface area contributed by atoms with Crippen LogP contribution in [0, 0.1) is 5.92 Å². The van der Waals surface area contributed by atoms with E-state index in [2.05, 4.69) is 27.8 Å². The average molecular weight is 281 g/mol. The first-order chi connectivity index (χ1) is 9.34. The topological polar surface area (TPSA) is 55.6 Å². The lowest BCUT2D eigenvalue weighted by atomic mass is 9.86. The fourth-order valence-corrected chi connectivity index (χ4v) is 3.65. The van der Waals surface area contributed by atoms with Crippen molar-refractivity contribution in [2.45, 2.75) is 62.7 Å². The average Bonchev–Trinajstić information content (AvgIpc) is 3.16. The van der Waals surface area contributed by atoms with Crippen LogP contribution in [0.5, 0.6) is 0 Å². The quantitative estimate of drug-likeness (QED) is 0.640. The Balaban J connectivity index is 1.39. The largest absolute Gasteiger partial charge is 0.313 e. The molecule has 2 unspecified atom stereocenters. The van der Waals surface area contributed by atoms with Gasteiger partial charge in [-0.3, -0.25) is 0 Å². The highest BCUT2D eigenvalue weighted by Crippen LogP contribution is 2.36. The summed E-state index contributed by atoms with van der Waals surface area (Å²) in [5.41, 5.74) is 0. The molecule has 0 radical (unpaired) electrons. The van der Waals surface area contributed by atoms with Gasteiger partial charge in [0.1, 0.15) is 0 Å². The van der Waals surface area contributed by atoms with Gasteiger partial charge in [0.15, 0.2) is 0 Å². The maximum atomic E-state index is 4.11. The number of nitrogens with zero attached hydrogens (tertiary/aromatic N) is 4. The summed E-state index contributed by atoms with van der Waals surface area (Å²) in [4.78, 5) is 0. The third-order valence-electron chi connectivity index (χ3n) is 4.21. The van der Waals surface area contributed by atoms with E-state index in [1.165, 1.54) is 38.5 Å². The summed E-state index contributed by atoms with van der Waals surface area (Å²) in [5.74, 6) is 1.88. The molecular formula is C13H23N5S. The molecule has 0 saturated heterocycles. The van der Waals surface area contributed by atoms with Crippen LogP contribution in [0.4, 0.5) is 0 Å². The van der Waals surface area contributed by atoms with Gasteiger partial charge in [0.05, 0.1) is 6.04 Å². The predicted octanol–water partition coefficient (Wildman–Crippen LogP) is 2.27. The highest BCUT2D eigenvalue weighted by Gasteiger charge is 2.27. The zero-order chi connectivity index (χ0) is 13.1. The summed E-state index contributed by atoms with van der Waals surface area (Å²) in [7, 11) is 0. The molecule has 5 nitrogen and oxygen atoms in total. The van der Waals surface area contributed by atoms with E-state index in [0.717, 1.165) is 23.4 Å². The molecule has 0 spiro atoms. The van der Waals surface area contributed by atoms with Gasteiger partial charge in [0.25, 0.3) is 0 Å². The van der Waals surface area contributed by atoms with Crippen molar-refractivity contribution in [2.75, 3.05) is 12.3 Å². The molecule has 1 aromatic rings. The molecule has 106 valence electrons. The first-order valence-corrected chi connectivity index (χ1v) is 8.47. The van der Waals surface area contributed by atoms with Crippen molar-refractivity contribution in [3.05, 3.63) is 0 Å². The van der Waals surface area contributed by atoms with Crippen LogP contribution < -0.4 is 5.32 Å². The van der Waals surface area contributed by atoms with Gasteiger partial charge in [-0.2, -0.15) is 0 Å². The minimum atomic E-state index is 0.573. The van der Waals surface area contributed by atoms with Gasteiger partial charge in [0.2, 0.25) is 5.16 Å². The van der Waals surface area contributed by atoms with Crippen LogP contribution in [-0.2, 0) is 0 Å². The van der Waals surface area contributed by atoms with Gasteiger partial charge in [-0.15, -0.1) is 5.10 Å². The van der Waals surface area contributed by atoms with E-state index in [9.17, 15) is 0 Å². The van der Waals surface area contributed by atoms with Crippen molar-refractivity contribution in [3.8, 4) is 0 Å². The van der Waals surface area contributed by atoms with Crippen LogP contribution in [0.25, 0.3) is 0 Å². The smallest absolute Gasteiger partial charge is 0.209 e. The Bertz CT molecular complexity index is 403. The summed E-state index contributed by atoms with van der Waals surface area (Å²) in [5, 5.41) is 16.7. The number of hydrogen-bond acceptors (Lipinski definition) is 5. The second-order valence-corrected chi connectivity index (χ2v) is 6.87. The van der Waals surface area contributed by atoms with Crippen LogP contribution in [0.3, 0.4) is 0 Å². The monoisotopic (exact) mass is 281 g/mol. The second-order valence-electron chi connectivity index (χ2n) is 5.81. The second kappa shape index (κ2) is 6.22. The van der Waals surface area contributed by atoms with Crippen molar-refractivity contribution in [1.29, 1.82) is 0 Å². The normalized spacial score (nSPS) is 27.6. The van der Waals surface area contributed by atoms with Crippen LogP contribution in [0.15, 0.2) is 5.16 Å². The van der Waals surface area contributed by atoms with Gasteiger partial charge in [-0.05, 0) is 42.0 Å². The number of thioether (sulfide) groups is 1. The Kier molecular flexibility index (Phi) is 4.38. The SMILES string of the molecule is CC1CCCCC1NCCSc1nnnn1C1CC1. The Morgan fingerprint density at radius 2 is 2.11 bits per heavy atom. The van der Waals surface area contributed by atoms with Gasteiger partial charge < -0.3 is 5.32 Å². The maximum absolute atomic E-state index is 4.11. The summed E-state index contributed by atoms with van der Waals surface area (Å²) >= 11 is 1.78. The fourth-order valence-electron chi connectivity index (χ4n) is 2.83. The molecule has 2 atom stereocenters. The van der Waals surface area contributed by atoms with E-state index < -0.39 is 0 Å². The highest BCUT2D eigenvalue weighted by molar-refractivity contribution is 7.99. The van der Waals surface area contributed by atoms with Gasteiger partial charge in [-0.1, -0.05) is 31.5 Å². The van der Waals surface area contributed by atoms with Crippen LogP contribution in [0.1, 0.15) is 51.5 Å². The molecule has 0 bridgehead atoms. The standard InChI is InChI=1S/C13H23N5S/c1-10-4-2-3-5-12(10)14-8-9-19-13-15-16-17-18(13)11-6-7-11/h10-12,14H,2-9H2,1H3. The summed E-state index contributed by atoms with van der Waals surface area (Å²) in [6.45, 7) is 3.43. The van der Waals surface area contributed by atoms with Crippen molar-refractivity contribution in [1.82, 2.24) is 25.5 Å². The van der Waals surface area contributed by atoms with Crippen LogP contribution >= 0.6 is 11.8 Å². The first kappa shape index (κ1) is 13.4. The lowest BCUT2D eigenvalue weighted by Gasteiger charge is -2.29. The number of hydrogen-bond donors (Lipinski definition) is 1. The molecular weight excluding hydrogens is 258 g/mol. The predicted molar refractivity (Wildman–Crippen MR) is 76.2 cm³/mol. The molecule has 0 amide bonds. The molecule has 1 N–H and O–H groups in total. The van der Waals surface area contributed by atoms with E-state index in [0.29, 0.717) is 12.1 Å². The number of tetrazole rings is 1. The summed E-state index contributed by atoms with van der Waals surface area (Å²) in [6.07, 6.45) is 7.97. The molecule has 6 heteroatoms. The van der Waals surface area contributed by atoms with Gasteiger partial charge >= 0.3 is 0 Å². The maximum Gasteiger partial charge on any atom is 0.209 e. The molecule has 0 aliphatic heterocycles. The Morgan fingerprint density at radius 1 is 1.26 bits per heavy atom. The molecule has 19 heavy (non-hydrogen) atoms. The van der Waals surface area contributed by atoms with Crippen molar-refractivity contribution in [2.24, 2.45) is 5.92 Å². The van der Waals surface area contributed by atoms with E-state index in [-0.39, 0.29) is 0 Å². The minimum Gasteiger partial charge on any atom is -0.313 e. The Hall–Kier alpha value is -0.620. The Morgan fingerprint density at radius 3 is 2.89 bits per heavy atom. The molecule has 2 saturated carbocycles. The fraction of sp³-hybridized carbons (Fsp3) is 0.923. The van der Waals surface area contributed by atoms with E-state index >= 15 is 0 Å². The lowest BCUT2D eigenvalue weighted by Crippen LogP contribution is -2.38. The van der Waals surface area contributed by atoms with Gasteiger partial charge in [-0.25, -0.2) is 4.68 Å². The first-order valence-electron chi connectivity index (χ1n) is 7.48. The van der Waals surface area contributed by atoms with E-state index in [1.807, 2.05) is 4.68 Å². The molecule has 2 aliphatic rings.